The SMILES string of the molecule is [2H]C1([2H])C(=O)C([2H])([2H])C([2H])(C)C([2H])([2H])C1([2H])[2H]. The molecule has 0 N–H and O–H groups in total. The number of hydrogen-bond donors (Lipinski definition) is 0. The third-order valence-corrected chi connectivity index (χ3v) is 0.727. The zero-order valence-corrected chi connectivity index (χ0v) is 4.41. The van der Waals surface area contributed by atoms with E-state index in [4.69, 9.17) is 12.3 Å². The van der Waals surface area contributed by atoms with Crippen LogP contribution in [0.25, 0.3) is 0 Å². The van der Waals surface area contributed by atoms with Gasteiger partial charge < -0.3 is 0 Å². The summed E-state index contributed by atoms with van der Waals surface area (Å²) >= 11 is 0. The van der Waals surface area contributed by atoms with Gasteiger partial charge in [-0.25, -0.2) is 0 Å². The first-order valence-corrected chi connectivity index (χ1v) is 2.20. The van der Waals surface area contributed by atoms with Crippen LogP contribution in [0.3, 0.4) is 0 Å². The molecule has 1 aliphatic carbocycles. The van der Waals surface area contributed by atoms with E-state index in [9.17, 15) is 4.79 Å². The van der Waals surface area contributed by atoms with Gasteiger partial charge in [-0.1, -0.05) is 6.92 Å². The minimum Gasteiger partial charge on any atom is -0.300 e. The number of Topliss-reactive ketones (excluding diaryl/α,β-unsaturated/α-hetero) is 1. The van der Waals surface area contributed by atoms with Crippen LogP contribution in [0, 0.1) is 5.89 Å². The maximum atomic E-state index is 11.6. The molecule has 0 aromatic carbocycles. The van der Waals surface area contributed by atoms with Crippen molar-refractivity contribution in [1.82, 2.24) is 0 Å². The summed E-state index contributed by atoms with van der Waals surface area (Å²) in [7, 11) is 0. The zero-order chi connectivity index (χ0) is 14.1. The maximum Gasteiger partial charge on any atom is 0.133 e. The van der Waals surface area contributed by atoms with Crippen molar-refractivity contribution in [2.75, 3.05) is 0 Å². The van der Waals surface area contributed by atoms with Crippen molar-refractivity contribution in [1.29, 1.82) is 0 Å². The highest BCUT2D eigenvalue weighted by Gasteiger charge is 2.14. The van der Waals surface area contributed by atoms with Crippen molar-refractivity contribution in [2.24, 2.45) is 5.89 Å². The Morgan fingerprint density at radius 3 is 3.50 bits per heavy atom. The molecule has 0 aliphatic heterocycles. The molecule has 1 heteroatoms. The van der Waals surface area contributed by atoms with Gasteiger partial charge in [0.15, 0.2) is 0 Å². The highest BCUT2D eigenvalue weighted by atomic mass is 16.1. The molecule has 1 aliphatic rings. The fourth-order valence-electron chi connectivity index (χ4n) is 0.415. The van der Waals surface area contributed by atoms with E-state index in [2.05, 4.69) is 0 Å². The number of carbonyl (C=O) groups excluding carboxylic acids is 1. The molecule has 1 rings (SSSR count). The predicted octanol–water partition coefficient (Wildman–Crippen LogP) is 1.77. The van der Waals surface area contributed by atoms with Gasteiger partial charge in [-0.2, -0.15) is 0 Å². The van der Waals surface area contributed by atoms with Crippen LogP contribution < -0.4 is 0 Å². The lowest BCUT2D eigenvalue weighted by Crippen LogP contribution is -2.11. The molecule has 0 spiro atoms. The molecule has 1 unspecified atom stereocenters. The summed E-state index contributed by atoms with van der Waals surface area (Å²) in [5.74, 6) is -4.45. The highest BCUT2D eigenvalue weighted by molar-refractivity contribution is 5.79. The smallest absolute Gasteiger partial charge is 0.133 e. The van der Waals surface area contributed by atoms with Gasteiger partial charge in [0.2, 0.25) is 0 Å². The van der Waals surface area contributed by atoms with E-state index in [1.807, 2.05) is 0 Å². The fourth-order valence-corrected chi connectivity index (χ4v) is 0.415. The summed E-state index contributed by atoms with van der Waals surface area (Å²) in [5, 5.41) is 0. The monoisotopic (exact) mass is 121 g/mol. The lowest BCUT2D eigenvalue weighted by Gasteiger charge is -2.14. The minimum atomic E-state index is -3.32. The van der Waals surface area contributed by atoms with Crippen LogP contribution in [0.15, 0.2) is 0 Å². The molecule has 1 saturated carbocycles. The summed E-state index contributed by atoms with van der Waals surface area (Å²) in [5.41, 5.74) is 0. The van der Waals surface area contributed by atoms with E-state index >= 15 is 0 Å². The Balaban J connectivity index is 3.62. The molecule has 0 saturated heterocycles. The van der Waals surface area contributed by atoms with Crippen LogP contribution in [-0.2, 0) is 4.79 Å². The molecule has 1 fully saturated rings. The number of hydrogen-bond acceptors (Lipinski definition) is 1. The highest BCUT2D eigenvalue weighted by Crippen LogP contribution is 2.19. The maximum absolute atomic E-state index is 11.6. The number of rotatable bonds is 0. The average Bonchev–Trinajstić information content (AvgIpc) is 2.13. The number of ketones is 1. The van der Waals surface area contributed by atoms with Crippen LogP contribution in [0.5, 0.6) is 0 Å². The van der Waals surface area contributed by atoms with Gasteiger partial charge in [0.25, 0.3) is 0 Å². The first-order chi connectivity index (χ1) is 7.15. The molecule has 0 heterocycles. The minimum absolute atomic E-state index is 0.762. The van der Waals surface area contributed by atoms with Crippen LogP contribution in [0.4, 0.5) is 0 Å². The third kappa shape index (κ3) is 1.32. The van der Waals surface area contributed by atoms with E-state index in [0.29, 0.717) is 0 Å². The topological polar surface area (TPSA) is 17.1 Å². The van der Waals surface area contributed by atoms with Crippen molar-refractivity contribution in [3.05, 3.63) is 0 Å². The van der Waals surface area contributed by atoms with E-state index in [-0.39, 0.29) is 0 Å². The molecule has 0 aromatic heterocycles. The van der Waals surface area contributed by atoms with Crippen LogP contribution in [-0.4, -0.2) is 5.78 Å². The lowest BCUT2D eigenvalue weighted by atomic mass is 9.90. The molecule has 46 valence electrons. The van der Waals surface area contributed by atoms with E-state index in [0.717, 1.165) is 6.92 Å². The Morgan fingerprint density at radius 2 is 2.75 bits per heavy atom. The van der Waals surface area contributed by atoms with Gasteiger partial charge in [0.1, 0.15) is 5.78 Å². The Labute approximate surface area is 62.7 Å². The Hall–Kier alpha value is -0.330. The Bertz CT molecular complexity index is 338. The lowest BCUT2D eigenvalue weighted by molar-refractivity contribution is -0.121. The predicted molar refractivity (Wildman–Crippen MR) is 32.6 cm³/mol. The van der Waals surface area contributed by atoms with Gasteiger partial charge >= 0.3 is 0 Å². The second-order valence-electron chi connectivity index (χ2n) is 1.45. The fraction of sp³-hybridized carbons (Fsp3) is 0.857. The molecule has 0 amide bonds. The van der Waals surface area contributed by atoms with Crippen molar-refractivity contribution in [3.8, 4) is 0 Å². The second kappa shape index (κ2) is 2.29. The summed E-state index contributed by atoms with van der Waals surface area (Å²) in [4.78, 5) is 11.6. The molecule has 1 nitrogen and oxygen atoms in total. The van der Waals surface area contributed by atoms with E-state index in [1.54, 1.807) is 0 Å². The second-order valence-corrected chi connectivity index (χ2v) is 1.45. The average molecular weight is 121 g/mol. The van der Waals surface area contributed by atoms with Gasteiger partial charge in [-0.3, -0.25) is 4.79 Å². The van der Waals surface area contributed by atoms with Crippen LogP contribution in [0.2, 0.25) is 0 Å². The first kappa shape index (κ1) is 1.23. The zero-order valence-electron chi connectivity index (χ0n) is 13.4. The molecule has 0 bridgehead atoms. The molecule has 1 atom stereocenters. The molecule has 0 radical (unpaired) electrons. The molecule has 0 aromatic rings. The largest absolute Gasteiger partial charge is 0.300 e. The molecular weight excluding hydrogens is 100 g/mol. The summed E-state index contributed by atoms with van der Waals surface area (Å²) in [6.45, 7) is 0.762. The van der Waals surface area contributed by atoms with Gasteiger partial charge in [0.05, 0.1) is 0 Å². The Morgan fingerprint density at radius 1 is 2.00 bits per heavy atom. The van der Waals surface area contributed by atoms with Gasteiger partial charge in [-0.15, -0.1) is 0 Å². The summed E-state index contributed by atoms with van der Waals surface area (Å²) in [6, 6.07) is 0. The summed E-state index contributed by atoms with van der Waals surface area (Å²) < 4.78 is 66.8. The quantitative estimate of drug-likeness (QED) is 0.477. The van der Waals surface area contributed by atoms with Gasteiger partial charge in [-0.05, 0) is 18.6 Å². The van der Waals surface area contributed by atoms with Crippen molar-refractivity contribution >= 4 is 5.78 Å². The third-order valence-electron chi connectivity index (χ3n) is 0.727. The van der Waals surface area contributed by atoms with Crippen LogP contribution >= 0.6 is 0 Å². The van der Waals surface area contributed by atoms with Crippen LogP contribution in [0.1, 0.15) is 44.8 Å². The van der Waals surface area contributed by atoms with Crippen molar-refractivity contribution < 1.29 is 17.1 Å². The normalized spacial score (nSPS) is 81.6. The standard InChI is InChI=1S/C7H12O/c1-6-3-2-4-7(8)5-6/h6H,2-5H2,1H3/i2D2,3D2,4D2,5D2,6D. The number of carbonyl (C=O) groups is 1. The van der Waals surface area contributed by atoms with Crippen molar-refractivity contribution in [2.45, 2.75) is 32.4 Å². The first-order valence-electron chi connectivity index (χ1n) is 6.70. The molecular formula is C7H12O. The van der Waals surface area contributed by atoms with E-state index < -0.39 is 37.2 Å². The summed E-state index contributed by atoms with van der Waals surface area (Å²) in [6.07, 6.45) is -12.9. The molecule has 8 heavy (non-hydrogen) atoms. The van der Waals surface area contributed by atoms with Crippen molar-refractivity contribution in [3.63, 3.8) is 0 Å². The van der Waals surface area contributed by atoms with Gasteiger partial charge in [0, 0.05) is 25.1 Å². The van der Waals surface area contributed by atoms with E-state index in [1.165, 1.54) is 0 Å². The Kier molecular flexibility index (Phi) is 0.352.